The Balaban J connectivity index is 1.97. The van der Waals surface area contributed by atoms with Crippen LogP contribution in [0.3, 0.4) is 0 Å². The van der Waals surface area contributed by atoms with Crippen molar-refractivity contribution in [3.63, 3.8) is 0 Å². The van der Waals surface area contributed by atoms with Gasteiger partial charge in [0, 0.05) is 31.7 Å². The van der Waals surface area contributed by atoms with Crippen molar-refractivity contribution < 1.29 is 19.1 Å². The number of methoxy groups -OCH3 is 1. The van der Waals surface area contributed by atoms with E-state index in [4.69, 9.17) is 9.47 Å². The molecular formula is C18H26N2O4. The maximum absolute atomic E-state index is 12.6. The standard InChI is InChI=1S/C18H26N2O4/c1-5-24-18(22)20-8-6-19(7-9-20)17(21)12-15-10-13(2)14(3)11-16(15)23-4/h10-11H,5-9,12H2,1-4H3. The fraction of sp³-hybridized carbons (Fsp3) is 0.556. The fourth-order valence-corrected chi connectivity index (χ4v) is 2.81. The average molecular weight is 334 g/mol. The maximum Gasteiger partial charge on any atom is 0.409 e. The Morgan fingerprint density at radius 2 is 1.62 bits per heavy atom. The topological polar surface area (TPSA) is 59.1 Å². The molecule has 0 atom stereocenters. The molecular weight excluding hydrogens is 308 g/mol. The summed E-state index contributed by atoms with van der Waals surface area (Å²) in [5.41, 5.74) is 3.19. The second-order valence-corrected chi connectivity index (χ2v) is 5.99. The molecule has 24 heavy (non-hydrogen) atoms. The molecule has 6 heteroatoms. The third kappa shape index (κ3) is 4.19. The predicted octanol–water partition coefficient (Wildman–Crippen LogP) is 2.16. The third-order valence-corrected chi connectivity index (χ3v) is 4.40. The first-order valence-corrected chi connectivity index (χ1v) is 8.29. The van der Waals surface area contributed by atoms with Crippen LogP contribution in [0.15, 0.2) is 12.1 Å². The van der Waals surface area contributed by atoms with Crippen molar-refractivity contribution in [3.05, 3.63) is 28.8 Å². The molecule has 1 aromatic rings. The number of aryl methyl sites for hydroxylation is 2. The molecule has 1 aromatic carbocycles. The van der Waals surface area contributed by atoms with E-state index in [2.05, 4.69) is 0 Å². The van der Waals surface area contributed by atoms with Crippen LogP contribution in [0.5, 0.6) is 5.75 Å². The highest BCUT2D eigenvalue weighted by atomic mass is 16.6. The Morgan fingerprint density at radius 3 is 2.21 bits per heavy atom. The first-order valence-electron chi connectivity index (χ1n) is 8.29. The smallest absolute Gasteiger partial charge is 0.409 e. The number of carbonyl (C=O) groups is 2. The minimum absolute atomic E-state index is 0.0556. The molecule has 132 valence electrons. The Kier molecular flexibility index (Phi) is 6.06. The largest absolute Gasteiger partial charge is 0.496 e. The molecule has 0 aliphatic carbocycles. The van der Waals surface area contributed by atoms with Crippen LogP contribution in [0.1, 0.15) is 23.6 Å². The second-order valence-electron chi connectivity index (χ2n) is 5.99. The molecule has 6 nitrogen and oxygen atoms in total. The van der Waals surface area contributed by atoms with E-state index in [-0.39, 0.29) is 12.0 Å². The lowest BCUT2D eigenvalue weighted by molar-refractivity contribution is -0.132. The molecule has 0 unspecified atom stereocenters. The van der Waals surface area contributed by atoms with Gasteiger partial charge in [0.1, 0.15) is 5.75 Å². The molecule has 1 aliphatic rings. The number of hydrogen-bond donors (Lipinski definition) is 0. The van der Waals surface area contributed by atoms with E-state index >= 15 is 0 Å². The Morgan fingerprint density at radius 1 is 1.04 bits per heavy atom. The van der Waals surface area contributed by atoms with Crippen LogP contribution < -0.4 is 4.74 Å². The summed E-state index contributed by atoms with van der Waals surface area (Å²) in [4.78, 5) is 27.7. The van der Waals surface area contributed by atoms with E-state index in [1.165, 1.54) is 0 Å². The quantitative estimate of drug-likeness (QED) is 0.847. The van der Waals surface area contributed by atoms with E-state index < -0.39 is 0 Å². The normalized spacial score (nSPS) is 14.5. The van der Waals surface area contributed by atoms with Crippen molar-refractivity contribution in [1.82, 2.24) is 9.80 Å². The van der Waals surface area contributed by atoms with Crippen LogP contribution in [0.25, 0.3) is 0 Å². The minimum atomic E-state index is -0.305. The molecule has 1 saturated heterocycles. The number of nitrogens with zero attached hydrogens (tertiary/aromatic N) is 2. The molecule has 1 heterocycles. The lowest BCUT2D eigenvalue weighted by atomic mass is 10.0. The molecule has 0 spiro atoms. The highest BCUT2D eigenvalue weighted by Gasteiger charge is 2.25. The van der Waals surface area contributed by atoms with E-state index in [1.54, 1.807) is 23.8 Å². The van der Waals surface area contributed by atoms with Gasteiger partial charge >= 0.3 is 6.09 Å². The molecule has 0 saturated carbocycles. The van der Waals surface area contributed by atoms with E-state index in [1.807, 2.05) is 26.0 Å². The molecule has 0 aromatic heterocycles. The Labute approximate surface area is 143 Å². The highest BCUT2D eigenvalue weighted by Crippen LogP contribution is 2.24. The molecule has 2 amide bonds. The fourth-order valence-electron chi connectivity index (χ4n) is 2.81. The Bertz CT molecular complexity index is 607. The zero-order valence-electron chi connectivity index (χ0n) is 14.9. The summed E-state index contributed by atoms with van der Waals surface area (Å²) in [6, 6.07) is 3.98. The number of ether oxygens (including phenoxy) is 2. The van der Waals surface area contributed by atoms with Gasteiger partial charge in [-0.25, -0.2) is 4.79 Å². The molecule has 1 aliphatic heterocycles. The van der Waals surface area contributed by atoms with Crippen molar-refractivity contribution in [2.45, 2.75) is 27.2 Å². The van der Waals surface area contributed by atoms with Gasteiger partial charge in [0.15, 0.2) is 0 Å². The van der Waals surface area contributed by atoms with Gasteiger partial charge in [-0.3, -0.25) is 4.79 Å². The number of piperazine rings is 1. The van der Waals surface area contributed by atoms with Crippen LogP contribution in [0.2, 0.25) is 0 Å². The summed E-state index contributed by atoms with van der Waals surface area (Å²) in [6.07, 6.45) is 0.00407. The van der Waals surface area contributed by atoms with Crippen molar-refractivity contribution >= 4 is 12.0 Å². The Hall–Kier alpha value is -2.24. The SMILES string of the molecule is CCOC(=O)N1CCN(C(=O)Cc2cc(C)c(C)cc2OC)CC1. The van der Waals surface area contributed by atoms with Crippen LogP contribution in [-0.2, 0) is 16.0 Å². The van der Waals surface area contributed by atoms with Gasteiger partial charge in [-0.1, -0.05) is 6.07 Å². The van der Waals surface area contributed by atoms with E-state index in [9.17, 15) is 9.59 Å². The summed E-state index contributed by atoms with van der Waals surface area (Å²) in [5, 5.41) is 0. The van der Waals surface area contributed by atoms with Gasteiger partial charge in [0.05, 0.1) is 20.1 Å². The van der Waals surface area contributed by atoms with Gasteiger partial charge in [-0.2, -0.15) is 0 Å². The number of carbonyl (C=O) groups excluding carboxylic acids is 2. The maximum atomic E-state index is 12.6. The monoisotopic (exact) mass is 334 g/mol. The molecule has 2 rings (SSSR count). The lowest BCUT2D eigenvalue weighted by Crippen LogP contribution is -2.51. The zero-order valence-corrected chi connectivity index (χ0v) is 14.9. The molecule has 1 fully saturated rings. The summed E-state index contributed by atoms with van der Waals surface area (Å²) in [5.74, 6) is 0.802. The zero-order chi connectivity index (χ0) is 17.7. The van der Waals surface area contributed by atoms with Crippen LogP contribution in [0, 0.1) is 13.8 Å². The number of benzene rings is 1. The van der Waals surface area contributed by atoms with Gasteiger partial charge < -0.3 is 19.3 Å². The molecule has 0 bridgehead atoms. The van der Waals surface area contributed by atoms with Crippen LogP contribution in [-0.4, -0.2) is 61.7 Å². The van der Waals surface area contributed by atoms with Gasteiger partial charge in [-0.15, -0.1) is 0 Å². The third-order valence-electron chi connectivity index (χ3n) is 4.40. The first kappa shape index (κ1) is 18.1. The summed E-state index contributed by atoms with van der Waals surface area (Å²) >= 11 is 0. The van der Waals surface area contributed by atoms with Gasteiger partial charge in [0.25, 0.3) is 0 Å². The number of rotatable bonds is 4. The highest BCUT2D eigenvalue weighted by molar-refractivity contribution is 5.80. The van der Waals surface area contributed by atoms with E-state index in [0.29, 0.717) is 39.2 Å². The summed E-state index contributed by atoms with van der Waals surface area (Å²) in [7, 11) is 1.62. The van der Waals surface area contributed by atoms with E-state index in [0.717, 1.165) is 22.4 Å². The molecule has 0 N–H and O–H groups in total. The summed E-state index contributed by atoms with van der Waals surface area (Å²) < 4.78 is 10.4. The number of amides is 2. The van der Waals surface area contributed by atoms with Crippen LogP contribution >= 0.6 is 0 Å². The predicted molar refractivity (Wildman–Crippen MR) is 91.3 cm³/mol. The summed E-state index contributed by atoms with van der Waals surface area (Å²) in [6.45, 7) is 8.29. The van der Waals surface area contributed by atoms with Crippen molar-refractivity contribution in [1.29, 1.82) is 0 Å². The van der Waals surface area contributed by atoms with Crippen LogP contribution in [0.4, 0.5) is 4.79 Å². The molecule has 0 radical (unpaired) electrons. The second kappa shape index (κ2) is 8.04. The average Bonchev–Trinajstić information content (AvgIpc) is 2.58. The number of hydrogen-bond acceptors (Lipinski definition) is 4. The van der Waals surface area contributed by atoms with Crippen molar-refractivity contribution in [2.75, 3.05) is 39.9 Å². The lowest BCUT2D eigenvalue weighted by Gasteiger charge is -2.34. The van der Waals surface area contributed by atoms with Crippen molar-refractivity contribution in [3.8, 4) is 5.75 Å². The first-order chi connectivity index (χ1) is 11.5. The van der Waals surface area contributed by atoms with Gasteiger partial charge in [0.2, 0.25) is 5.91 Å². The minimum Gasteiger partial charge on any atom is -0.496 e. The van der Waals surface area contributed by atoms with Crippen molar-refractivity contribution in [2.24, 2.45) is 0 Å². The van der Waals surface area contributed by atoms with Gasteiger partial charge in [-0.05, 0) is 38.0 Å².